The van der Waals surface area contributed by atoms with Crippen LogP contribution in [0.3, 0.4) is 0 Å². The smallest absolute Gasteiger partial charge is 0.258 e. The maximum absolute atomic E-state index is 13.1. The second kappa shape index (κ2) is 25.2. The largest absolute Gasteiger partial charge is 1.00 e. The van der Waals surface area contributed by atoms with Crippen LogP contribution in [-0.2, 0) is 5.54 Å². The summed E-state index contributed by atoms with van der Waals surface area (Å²) < 4.78 is 2.16. The number of unbranched alkanes of at least 4 members (excludes halogenated alkanes) is 2. The first kappa shape index (κ1) is 49.1. The molecule has 3 aromatic carbocycles. The molecule has 0 saturated carbocycles. The second-order valence-corrected chi connectivity index (χ2v) is 14.6. The minimum Gasteiger partial charge on any atom is -1.00 e. The van der Waals surface area contributed by atoms with Crippen molar-refractivity contribution in [3.63, 3.8) is 0 Å². The Bertz CT molecular complexity index is 1350. The molecule has 286 valence electrons. The van der Waals surface area contributed by atoms with E-state index in [0.717, 1.165) is 117 Å². The second-order valence-electron chi connectivity index (χ2n) is 14.6. The number of hydrogen-bond donors (Lipinski definition) is 0. The molecule has 0 aliphatic heterocycles. The van der Waals surface area contributed by atoms with Gasteiger partial charge in [-0.3, -0.25) is 4.79 Å². The third kappa shape index (κ3) is 15.9. The number of nitroso groups, excluding NO2 is 1. The van der Waals surface area contributed by atoms with Gasteiger partial charge in [0.15, 0.2) is 0 Å². The van der Waals surface area contributed by atoms with Crippen molar-refractivity contribution < 1.29 is 61.7 Å². The van der Waals surface area contributed by atoms with Crippen molar-refractivity contribution in [3.05, 3.63) is 106 Å². The number of rotatable bonds is 20. The lowest BCUT2D eigenvalue weighted by Crippen LogP contribution is -3.00. The highest BCUT2D eigenvalue weighted by atomic mass is 127. The van der Waals surface area contributed by atoms with E-state index in [9.17, 15) is 9.70 Å². The zero-order chi connectivity index (χ0) is 36.3. The van der Waals surface area contributed by atoms with Crippen LogP contribution in [0.2, 0.25) is 0 Å². The van der Waals surface area contributed by atoms with E-state index in [-0.39, 0.29) is 53.9 Å². The van der Waals surface area contributed by atoms with E-state index in [0.29, 0.717) is 0 Å². The van der Waals surface area contributed by atoms with E-state index < -0.39 is 5.54 Å². The lowest BCUT2D eigenvalue weighted by Gasteiger charge is -2.36. The highest BCUT2D eigenvalue weighted by Gasteiger charge is 2.33. The fourth-order valence-electron chi connectivity index (χ4n) is 6.52. The van der Waals surface area contributed by atoms with Gasteiger partial charge in [-0.15, -0.1) is 4.91 Å². The molecule has 0 aliphatic rings. The van der Waals surface area contributed by atoms with Gasteiger partial charge in [-0.2, -0.15) is 0 Å². The standard InChI is InChI=1S/C23H33N2O.C20H35N2O.2HI/c1-5-25(6-2,7-3)19-11-18-24(22-12-9-8-10-13-22)23(26)21-16-14-20(4)15-17-21;1-6-8-15-20(21-23,19-13-11-18(3)12-14-19)16-9-10-17-22(4,5)7-2;;/h8-10,12-17H,5-7,11,18-19H2,1-4H3;11-14H,6-10,15-17H2,1-5H3;2*1H/q2*+1;;/p-2. The van der Waals surface area contributed by atoms with Gasteiger partial charge >= 0.3 is 0 Å². The van der Waals surface area contributed by atoms with Crippen LogP contribution < -0.4 is 52.9 Å². The Morgan fingerprint density at radius 1 is 0.667 bits per heavy atom. The molecule has 3 rings (SSSR count). The first-order valence-corrected chi connectivity index (χ1v) is 19.0. The van der Waals surface area contributed by atoms with E-state index in [4.69, 9.17) is 0 Å². The highest BCUT2D eigenvalue weighted by molar-refractivity contribution is 6.06. The lowest BCUT2D eigenvalue weighted by molar-refractivity contribution is -0.923. The molecule has 1 atom stereocenters. The SMILES string of the molecule is CCCCC(CCCC[N+](C)(C)CC)(N=O)c1ccc(C)cc1.CC[N+](CC)(CC)CCCN(C(=O)c1ccc(C)cc1)c1ccccc1.[I-].[I-]. The summed E-state index contributed by atoms with van der Waals surface area (Å²) in [6.07, 6.45) is 7.09. The molecule has 0 saturated heterocycles. The van der Waals surface area contributed by atoms with Crippen LogP contribution >= 0.6 is 0 Å². The highest BCUT2D eigenvalue weighted by Crippen LogP contribution is 2.37. The summed E-state index contributed by atoms with van der Waals surface area (Å²) in [5.74, 6) is 0.0822. The molecule has 0 aromatic heterocycles. The third-order valence-corrected chi connectivity index (χ3v) is 10.8. The predicted octanol–water partition coefficient (Wildman–Crippen LogP) is 4.33. The predicted molar refractivity (Wildman–Crippen MR) is 210 cm³/mol. The van der Waals surface area contributed by atoms with Gasteiger partial charge in [0, 0.05) is 24.2 Å². The minimum atomic E-state index is -0.535. The fraction of sp³-hybridized carbons (Fsp3) is 0.558. The Kier molecular flexibility index (Phi) is 24.3. The van der Waals surface area contributed by atoms with Gasteiger partial charge < -0.3 is 61.8 Å². The molecular formula is C43H68I2N4O2. The van der Waals surface area contributed by atoms with E-state index in [1.54, 1.807) is 0 Å². The summed E-state index contributed by atoms with van der Waals surface area (Å²) >= 11 is 0. The number of carbonyl (C=O) groups is 1. The van der Waals surface area contributed by atoms with Crippen molar-refractivity contribution >= 4 is 11.6 Å². The summed E-state index contributed by atoms with van der Waals surface area (Å²) in [5, 5.41) is 3.66. The molecule has 0 aliphatic carbocycles. The summed E-state index contributed by atoms with van der Waals surface area (Å²) in [4.78, 5) is 26.9. The van der Waals surface area contributed by atoms with Crippen LogP contribution in [0, 0.1) is 18.8 Å². The fourth-order valence-corrected chi connectivity index (χ4v) is 6.52. The molecule has 0 fully saturated rings. The molecule has 1 amide bonds. The van der Waals surface area contributed by atoms with E-state index in [1.165, 1.54) is 11.1 Å². The summed E-state index contributed by atoms with van der Waals surface area (Å²) in [6.45, 7) is 22.9. The molecule has 51 heavy (non-hydrogen) atoms. The van der Waals surface area contributed by atoms with Crippen molar-refractivity contribution in [2.24, 2.45) is 5.18 Å². The molecule has 1 unspecified atom stereocenters. The molecule has 0 radical (unpaired) electrons. The Balaban J connectivity index is 0.000000951. The number of quaternary nitrogens is 2. The van der Waals surface area contributed by atoms with Crippen LogP contribution in [0.5, 0.6) is 0 Å². The Hall–Kier alpha value is -1.89. The maximum atomic E-state index is 13.1. The summed E-state index contributed by atoms with van der Waals surface area (Å²) in [5.41, 5.74) is 4.68. The minimum absolute atomic E-state index is 0. The average Bonchev–Trinajstić information content (AvgIpc) is 3.13. The van der Waals surface area contributed by atoms with Crippen LogP contribution in [0.15, 0.2) is 84.0 Å². The molecule has 6 nitrogen and oxygen atoms in total. The Morgan fingerprint density at radius 3 is 1.69 bits per heavy atom. The number of anilines is 1. The Morgan fingerprint density at radius 2 is 1.20 bits per heavy atom. The van der Waals surface area contributed by atoms with Gasteiger partial charge in [0.2, 0.25) is 0 Å². The van der Waals surface area contributed by atoms with E-state index in [2.05, 4.69) is 85.1 Å². The van der Waals surface area contributed by atoms with Gasteiger partial charge in [-0.05, 0) is 97.1 Å². The van der Waals surface area contributed by atoms with Crippen LogP contribution in [0.1, 0.15) is 107 Å². The number of halogens is 2. The van der Waals surface area contributed by atoms with Crippen molar-refractivity contribution in [2.45, 2.75) is 99.0 Å². The van der Waals surface area contributed by atoms with Gasteiger partial charge in [0.1, 0.15) is 5.54 Å². The number of carbonyl (C=O) groups excluding carboxylic acids is 1. The third-order valence-electron chi connectivity index (χ3n) is 10.8. The average molecular weight is 927 g/mol. The number of benzene rings is 3. The zero-order valence-corrected chi connectivity index (χ0v) is 37.6. The number of amides is 1. The summed E-state index contributed by atoms with van der Waals surface area (Å²) in [7, 11) is 4.53. The topological polar surface area (TPSA) is 49.7 Å². The number of aryl methyl sites for hydroxylation is 2. The molecule has 8 heteroatoms. The molecule has 0 heterocycles. The van der Waals surface area contributed by atoms with Crippen molar-refractivity contribution in [3.8, 4) is 0 Å². The van der Waals surface area contributed by atoms with Gasteiger partial charge in [0.25, 0.3) is 5.91 Å². The van der Waals surface area contributed by atoms with Gasteiger partial charge in [-0.25, -0.2) is 0 Å². The van der Waals surface area contributed by atoms with E-state index >= 15 is 0 Å². The van der Waals surface area contributed by atoms with Crippen molar-refractivity contribution in [2.75, 3.05) is 64.8 Å². The van der Waals surface area contributed by atoms with Crippen LogP contribution in [-0.4, -0.2) is 74.8 Å². The normalized spacial score (nSPS) is 12.3. The molecule has 0 spiro atoms. The lowest BCUT2D eigenvalue weighted by atomic mass is 9.81. The van der Waals surface area contributed by atoms with Crippen molar-refractivity contribution in [1.82, 2.24) is 0 Å². The van der Waals surface area contributed by atoms with Gasteiger partial charge in [-0.1, -0.05) is 90.7 Å². The first-order valence-electron chi connectivity index (χ1n) is 19.0. The Labute approximate surface area is 346 Å². The maximum Gasteiger partial charge on any atom is 0.258 e. The van der Waals surface area contributed by atoms with Crippen LogP contribution in [0.4, 0.5) is 5.69 Å². The monoisotopic (exact) mass is 926 g/mol. The molecular weight excluding hydrogens is 858 g/mol. The molecule has 0 N–H and O–H groups in total. The van der Waals surface area contributed by atoms with Gasteiger partial charge in [0.05, 0.1) is 53.4 Å². The first-order chi connectivity index (χ1) is 23.4. The number of nitrogens with zero attached hydrogens (tertiary/aromatic N) is 4. The number of para-hydroxylation sites is 1. The molecule has 3 aromatic rings. The van der Waals surface area contributed by atoms with Crippen LogP contribution in [0.25, 0.3) is 0 Å². The van der Waals surface area contributed by atoms with E-state index in [1.807, 2.05) is 66.4 Å². The van der Waals surface area contributed by atoms with Crippen molar-refractivity contribution in [1.29, 1.82) is 0 Å². The quantitative estimate of drug-likeness (QED) is 0.0735. The summed E-state index contributed by atoms with van der Waals surface area (Å²) in [6, 6.07) is 26.3. The molecule has 0 bridgehead atoms. The zero-order valence-electron chi connectivity index (χ0n) is 33.3. The number of hydrogen-bond acceptors (Lipinski definition) is 3.